The molecule has 4 rings (SSSR count). The molecule has 3 aliphatic rings. The summed E-state index contributed by atoms with van der Waals surface area (Å²) in [5.41, 5.74) is 1.83. The molecule has 0 aliphatic carbocycles. The first-order valence-corrected chi connectivity index (χ1v) is 11.5. The highest BCUT2D eigenvalue weighted by molar-refractivity contribution is 6.03. The van der Waals surface area contributed by atoms with Gasteiger partial charge in [0.25, 0.3) is 5.91 Å². The van der Waals surface area contributed by atoms with Gasteiger partial charge in [-0.05, 0) is 37.5 Å². The molecule has 1 unspecified atom stereocenters. The summed E-state index contributed by atoms with van der Waals surface area (Å²) in [5, 5.41) is 2.89. The van der Waals surface area contributed by atoms with Crippen LogP contribution in [0.2, 0.25) is 0 Å². The van der Waals surface area contributed by atoms with Crippen LogP contribution in [0.4, 0.5) is 4.79 Å². The van der Waals surface area contributed by atoms with Crippen LogP contribution >= 0.6 is 0 Å². The van der Waals surface area contributed by atoms with Crippen LogP contribution in [0.15, 0.2) is 35.5 Å². The van der Waals surface area contributed by atoms with Crippen molar-refractivity contribution in [1.29, 1.82) is 0 Å². The van der Waals surface area contributed by atoms with Crippen LogP contribution in [0.1, 0.15) is 31.4 Å². The Hall–Kier alpha value is -3.56. The maximum Gasteiger partial charge on any atom is 0.322 e. The number of nitrogens with one attached hydrogen (secondary N) is 1. The van der Waals surface area contributed by atoms with Gasteiger partial charge in [-0.3, -0.25) is 19.3 Å². The lowest BCUT2D eigenvalue weighted by Gasteiger charge is -2.32. The fourth-order valence-corrected chi connectivity index (χ4v) is 4.69. The quantitative estimate of drug-likeness (QED) is 0.628. The summed E-state index contributed by atoms with van der Waals surface area (Å²) in [5.74, 6) is -0.168. The predicted molar refractivity (Wildman–Crippen MR) is 122 cm³/mol. The summed E-state index contributed by atoms with van der Waals surface area (Å²) in [6, 6.07) is 6.28. The van der Waals surface area contributed by atoms with E-state index in [2.05, 4.69) is 5.32 Å². The Morgan fingerprint density at radius 1 is 1.12 bits per heavy atom. The van der Waals surface area contributed by atoms with Crippen molar-refractivity contribution < 1.29 is 28.7 Å². The average molecular weight is 471 g/mol. The molecule has 1 saturated heterocycles. The van der Waals surface area contributed by atoms with Gasteiger partial charge in [0.2, 0.25) is 5.91 Å². The van der Waals surface area contributed by atoms with E-state index in [4.69, 9.17) is 9.47 Å². The van der Waals surface area contributed by atoms with E-state index in [-0.39, 0.29) is 42.8 Å². The summed E-state index contributed by atoms with van der Waals surface area (Å²) in [7, 11) is 3.19. The summed E-state index contributed by atoms with van der Waals surface area (Å²) < 4.78 is 10.3. The van der Waals surface area contributed by atoms with E-state index in [0.717, 1.165) is 5.56 Å². The van der Waals surface area contributed by atoms with E-state index >= 15 is 0 Å². The molecule has 34 heavy (non-hydrogen) atoms. The van der Waals surface area contributed by atoms with Crippen molar-refractivity contribution >= 4 is 23.8 Å². The van der Waals surface area contributed by atoms with Crippen molar-refractivity contribution in [2.24, 2.45) is 5.92 Å². The largest absolute Gasteiger partial charge is 0.497 e. The molecule has 1 N–H and O–H groups in total. The third-order valence-electron chi connectivity index (χ3n) is 6.68. The molecule has 1 aromatic carbocycles. The minimum Gasteiger partial charge on any atom is -0.497 e. The van der Waals surface area contributed by atoms with Crippen LogP contribution in [-0.2, 0) is 19.1 Å². The molecule has 1 aromatic rings. The van der Waals surface area contributed by atoms with Gasteiger partial charge in [-0.15, -0.1) is 0 Å². The summed E-state index contributed by atoms with van der Waals surface area (Å²) in [4.78, 5) is 55.5. The molecular formula is C24H30N4O6. The third kappa shape index (κ3) is 4.44. The molecule has 0 saturated carbocycles. The second-order valence-electron chi connectivity index (χ2n) is 8.64. The molecule has 0 spiro atoms. The van der Waals surface area contributed by atoms with Crippen molar-refractivity contribution in [3.05, 3.63) is 41.1 Å². The van der Waals surface area contributed by atoms with E-state index < -0.39 is 6.04 Å². The Bertz CT molecular complexity index is 1010. The number of ether oxygens (including phenoxy) is 2. The van der Waals surface area contributed by atoms with Gasteiger partial charge >= 0.3 is 12.0 Å². The van der Waals surface area contributed by atoms with Crippen molar-refractivity contribution in [3.8, 4) is 5.75 Å². The fourth-order valence-electron chi connectivity index (χ4n) is 4.69. The molecule has 10 nitrogen and oxygen atoms in total. The first-order chi connectivity index (χ1) is 16.3. The molecule has 3 aliphatic heterocycles. The topological polar surface area (TPSA) is 108 Å². The summed E-state index contributed by atoms with van der Waals surface area (Å²) >= 11 is 0. The van der Waals surface area contributed by atoms with Crippen molar-refractivity contribution in [3.63, 3.8) is 0 Å². The number of urea groups is 1. The highest BCUT2D eigenvalue weighted by Gasteiger charge is 2.43. The molecule has 0 bridgehead atoms. The number of carbonyl (C=O) groups excluding carboxylic acids is 4. The zero-order valence-electron chi connectivity index (χ0n) is 19.7. The molecular weight excluding hydrogens is 440 g/mol. The number of carbonyl (C=O) groups is 4. The van der Waals surface area contributed by atoms with E-state index in [0.29, 0.717) is 49.6 Å². The number of hydrogen-bond acceptors (Lipinski definition) is 6. The zero-order valence-corrected chi connectivity index (χ0v) is 19.7. The lowest BCUT2D eigenvalue weighted by molar-refractivity contribution is -0.151. The van der Waals surface area contributed by atoms with Crippen LogP contribution in [0.25, 0.3) is 0 Å². The van der Waals surface area contributed by atoms with E-state index in [1.54, 1.807) is 38.1 Å². The molecule has 1 atom stereocenters. The Morgan fingerprint density at radius 3 is 2.41 bits per heavy atom. The van der Waals surface area contributed by atoms with Crippen LogP contribution in [0.3, 0.4) is 0 Å². The molecule has 0 aromatic heterocycles. The maximum absolute atomic E-state index is 13.4. The number of nitrogens with zero attached hydrogens (tertiary/aromatic N) is 3. The SMILES string of the molecule is CCOC(=O)C1CCN(C(=O)CN2CC3=C(C2=O)C(c2ccc(OC)cc2)NC(=O)N3C)CC1. The number of rotatable bonds is 6. The lowest BCUT2D eigenvalue weighted by atomic mass is 9.95. The monoisotopic (exact) mass is 470 g/mol. The number of piperidine rings is 1. The van der Waals surface area contributed by atoms with Gasteiger partial charge in [0.1, 0.15) is 12.3 Å². The molecule has 3 heterocycles. The van der Waals surface area contributed by atoms with Gasteiger partial charge in [-0.2, -0.15) is 0 Å². The van der Waals surface area contributed by atoms with Crippen LogP contribution in [0, 0.1) is 5.92 Å². The lowest BCUT2D eigenvalue weighted by Crippen LogP contribution is -2.46. The minimum absolute atomic E-state index is 0.0761. The standard InChI is InChI=1S/C24H30N4O6/c1-4-34-23(31)16-9-11-27(12-10-16)19(29)14-28-13-18-20(22(28)30)21(25-24(32)26(18)2)15-5-7-17(33-3)8-6-15/h5-8,16,21H,4,9-14H2,1-3H3,(H,25,32). The van der Waals surface area contributed by atoms with E-state index in [1.807, 2.05) is 12.1 Å². The minimum atomic E-state index is -0.600. The number of benzene rings is 1. The van der Waals surface area contributed by atoms with Gasteiger partial charge in [-0.25, -0.2) is 4.79 Å². The van der Waals surface area contributed by atoms with Crippen molar-refractivity contribution in [2.45, 2.75) is 25.8 Å². The zero-order chi connectivity index (χ0) is 24.4. The second-order valence-corrected chi connectivity index (χ2v) is 8.64. The highest BCUT2D eigenvalue weighted by atomic mass is 16.5. The van der Waals surface area contributed by atoms with E-state index in [1.165, 1.54) is 9.80 Å². The molecule has 182 valence electrons. The number of likely N-dealkylation sites (N-methyl/N-ethyl adjacent to an activating group) is 1. The average Bonchev–Trinajstić information content (AvgIpc) is 3.17. The Labute approximate surface area is 198 Å². The third-order valence-corrected chi connectivity index (χ3v) is 6.68. The molecule has 10 heteroatoms. The van der Waals surface area contributed by atoms with E-state index in [9.17, 15) is 19.2 Å². The Morgan fingerprint density at radius 2 is 1.79 bits per heavy atom. The Kier molecular flexibility index (Phi) is 6.76. The number of hydrogen-bond donors (Lipinski definition) is 1. The normalized spacial score (nSPS) is 20.9. The Balaban J connectivity index is 1.44. The second kappa shape index (κ2) is 9.74. The van der Waals surface area contributed by atoms with Gasteiger partial charge in [-0.1, -0.05) is 12.1 Å². The van der Waals surface area contributed by atoms with Gasteiger partial charge in [0.05, 0.1) is 43.5 Å². The first-order valence-electron chi connectivity index (χ1n) is 11.5. The van der Waals surface area contributed by atoms with Crippen molar-refractivity contribution in [1.82, 2.24) is 20.0 Å². The molecule has 4 amide bonds. The van der Waals surface area contributed by atoms with Crippen LogP contribution in [-0.4, -0.2) is 85.5 Å². The summed E-state index contributed by atoms with van der Waals surface area (Å²) in [6.45, 7) is 3.13. The number of esters is 1. The molecule has 0 radical (unpaired) electrons. The van der Waals surface area contributed by atoms with Gasteiger partial charge in [0, 0.05) is 20.1 Å². The predicted octanol–water partition coefficient (Wildman–Crippen LogP) is 1.29. The van der Waals surface area contributed by atoms with Gasteiger partial charge in [0.15, 0.2) is 0 Å². The number of methoxy groups -OCH3 is 1. The van der Waals surface area contributed by atoms with Crippen LogP contribution in [0.5, 0.6) is 5.75 Å². The van der Waals surface area contributed by atoms with Gasteiger partial charge < -0.3 is 24.6 Å². The molecule has 1 fully saturated rings. The van der Waals surface area contributed by atoms with Crippen molar-refractivity contribution in [2.75, 3.05) is 46.9 Å². The smallest absolute Gasteiger partial charge is 0.322 e. The summed E-state index contributed by atoms with van der Waals surface area (Å²) in [6.07, 6.45) is 1.10. The van der Waals surface area contributed by atoms with Crippen LogP contribution < -0.4 is 10.1 Å². The highest BCUT2D eigenvalue weighted by Crippen LogP contribution is 2.36. The fraction of sp³-hybridized carbons (Fsp3) is 0.500. The number of likely N-dealkylation sites (tertiary alicyclic amines) is 1. The number of amides is 4. The first kappa shape index (κ1) is 23.6. The maximum atomic E-state index is 13.4.